The Hall–Kier alpha value is 0.860. The number of hydrogen-bond donors (Lipinski definition) is 0. The molecule has 0 saturated heterocycles. The molecular weight excluding hydrogens is 314 g/mol. The van der Waals surface area contributed by atoms with Crippen molar-refractivity contribution < 1.29 is 0 Å². The van der Waals surface area contributed by atoms with E-state index in [0.717, 1.165) is 0 Å². The lowest BCUT2D eigenvalue weighted by molar-refractivity contribution is 0.695. The van der Waals surface area contributed by atoms with Crippen molar-refractivity contribution in [2.45, 2.75) is 104 Å². The molecule has 0 radical (unpaired) electrons. The molecule has 0 saturated carbocycles. The van der Waals surface area contributed by atoms with E-state index in [1.54, 1.807) is 24.9 Å². The van der Waals surface area contributed by atoms with Gasteiger partial charge in [-0.15, -0.1) is 16.5 Å². The van der Waals surface area contributed by atoms with Gasteiger partial charge in [-0.3, -0.25) is 0 Å². The van der Waals surface area contributed by atoms with E-state index in [-0.39, 0.29) is 0 Å². The van der Waals surface area contributed by atoms with Crippen LogP contribution < -0.4 is 0 Å². The highest BCUT2D eigenvalue weighted by Gasteiger charge is 2.07. The Morgan fingerprint density at radius 2 is 0.913 bits per heavy atom. The molecule has 0 aromatic rings. The molecule has 140 valence electrons. The molecule has 0 fully saturated rings. The lowest BCUT2D eigenvalue weighted by atomic mass is 10.2. The van der Waals surface area contributed by atoms with Crippen LogP contribution in [0.3, 0.4) is 0 Å². The van der Waals surface area contributed by atoms with Crippen LogP contribution in [0.15, 0.2) is 0 Å². The average molecular weight is 361 g/mol. The molecule has 0 spiro atoms. The third kappa shape index (κ3) is 19.0. The highest BCUT2D eigenvalue weighted by atomic mass is 31.1. The zero-order valence-corrected chi connectivity index (χ0v) is 18.6. The molecule has 1 unspecified atom stereocenters. The summed E-state index contributed by atoms with van der Waals surface area (Å²) in [6.07, 6.45) is 26.9. The first-order valence-electron chi connectivity index (χ1n) is 10.8. The summed E-state index contributed by atoms with van der Waals surface area (Å²) in [4.78, 5) is 0. The maximum atomic E-state index is 2.33. The molecule has 0 amide bonds. The third-order valence-electron chi connectivity index (χ3n) is 4.69. The second-order valence-corrected chi connectivity index (χ2v) is 11.3. The third-order valence-corrected chi connectivity index (χ3v) is 8.95. The number of unbranched alkanes of at least 4 members (excludes halogenated alkanes) is 9. The predicted octanol–water partition coefficient (Wildman–Crippen LogP) is 8.28. The Morgan fingerprint density at radius 3 is 1.43 bits per heavy atom. The van der Waals surface area contributed by atoms with E-state index < -0.39 is 0 Å². The highest BCUT2D eigenvalue weighted by molar-refractivity contribution is 7.57. The fourth-order valence-corrected chi connectivity index (χ4v) is 7.18. The number of rotatable bonds is 19. The Morgan fingerprint density at radius 1 is 0.478 bits per heavy atom. The van der Waals surface area contributed by atoms with Gasteiger partial charge in [-0.2, -0.15) is 0 Å². The normalized spacial score (nSPS) is 12.0. The van der Waals surface area contributed by atoms with Gasteiger partial charge in [-0.1, -0.05) is 78.6 Å². The molecule has 0 rings (SSSR count). The van der Waals surface area contributed by atoms with Crippen LogP contribution in [0.5, 0.6) is 0 Å². The molecule has 0 aliphatic rings. The van der Waals surface area contributed by atoms with E-state index in [2.05, 4.69) is 20.8 Å². The smallest absolute Gasteiger partial charge is 0.0323 e. The van der Waals surface area contributed by atoms with Gasteiger partial charge in [0, 0.05) is 0 Å². The fraction of sp³-hybridized carbons (Fsp3) is 1.00. The van der Waals surface area contributed by atoms with Crippen molar-refractivity contribution >= 4 is 16.5 Å². The summed E-state index contributed by atoms with van der Waals surface area (Å²) in [6, 6.07) is 0. The van der Waals surface area contributed by atoms with E-state index in [1.165, 1.54) is 98.0 Å². The largest absolute Gasteiger partial charge is 0.122 e. The molecule has 0 bridgehead atoms. The molecule has 0 N–H and O–H groups in total. The summed E-state index contributed by atoms with van der Waals surface area (Å²) in [6.45, 7) is 6.97. The maximum absolute atomic E-state index is 2.33. The van der Waals surface area contributed by atoms with Gasteiger partial charge in [-0.25, -0.2) is 0 Å². The van der Waals surface area contributed by atoms with Gasteiger partial charge < -0.3 is 0 Å². The molecule has 0 aliphatic carbocycles. The van der Waals surface area contributed by atoms with Crippen molar-refractivity contribution in [1.29, 1.82) is 0 Å². The van der Waals surface area contributed by atoms with Crippen LogP contribution in [0.1, 0.15) is 104 Å². The standard InChI is InChI=1S/C21H46P2/c1-4-7-10-13-17-22-18-16-21-23(19-14-11-8-5-2)20-15-12-9-6-3/h22H,4-21H2,1-3H3. The molecule has 0 aromatic carbocycles. The zero-order chi connectivity index (χ0) is 17.0. The summed E-state index contributed by atoms with van der Waals surface area (Å²) in [7, 11) is 1.64. The first-order valence-corrected chi connectivity index (χ1v) is 14.1. The van der Waals surface area contributed by atoms with Crippen molar-refractivity contribution in [3.63, 3.8) is 0 Å². The van der Waals surface area contributed by atoms with Crippen LogP contribution >= 0.6 is 16.5 Å². The van der Waals surface area contributed by atoms with E-state index >= 15 is 0 Å². The second kappa shape index (κ2) is 20.9. The molecule has 2 heteroatoms. The molecule has 0 aliphatic heterocycles. The van der Waals surface area contributed by atoms with Crippen molar-refractivity contribution in [3.8, 4) is 0 Å². The Balaban J connectivity index is 3.64. The minimum absolute atomic E-state index is 0.380. The van der Waals surface area contributed by atoms with E-state index in [0.29, 0.717) is 7.92 Å². The van der Waals surface area contributed by atoms with Gasteiger partial charge in [-0.05, 0) is 56.5 Å². The summed E-state index contributed by atoms with van der Waals surface area (Å²) < 4.78 is 0. The topological polar surface area (TPSA) is 0 Å². The van der Waals surface area contributed by atoms with Gasteiger partial charge in [0.1, 0.15) is 0 Å². The molecule has 0 heterocycles. The molecule has 1 atom stereocenters. The van der Waals surface area contributed by atoms with Crippen molar-refractivity contribution in [2.24, 2.45) is 0 Å². The van der Waals surface area contributed by atoms with Gasteiger partial charge in [0.05, 0.1) is 0 Å². The minimum atomic E-state index is 0.380. The van der Waals surface area contributed by atoms with E-state index in [1.807, 2.05) is 0 Å². The lowest BCUT2D eigenvalue weighted by Crippen LogP contribution is -1.98. The van der Waals surface area contributed by atoms with Crippen LogP contribution in [-0.4, -0.2) is 30.8 Å². The summed E-state index contributed by atoms with van der Waals surface area (Å²) in [5.74, 6) is 0. The van der Waals surface area contributed by atoms with E-state index in [9.17, 15) is 0 Å². The monoisotopic (exact) mass is 360 g/mol. The molecule has 23 heavy (non-hydrogen) atoms. The quantitative estimate of drug-likeness (QED) is 0.160. The van der Waals surface area contributed by atoms with Crippen LogP contribution in [0.25, 0.3) is 0 Å². The zero-order valence-electron chi connectivity index (χ0n) is 16.7. The van der Waals surface area contributed by atoms with Crippen LogP contribution in [0.4, 0.5) is 0 Å². The number of hydrogen-bond acceptors (Lipinski definition) is 0. The van der Waals surface area contributed by atoms with Gasteiger partial charge in [0.15, 0.2) is 0 Å². The molecule has 0 aromatic heterocycles. The molecular formula is C21H46P2. The first kappa shape index (κ1) is 23.9. The Bertz CT molecular complexity index is 194. The SMILES string of the molecule is CCCCCCPCCCP(CCCCCC)CCCCCC. The summed E-state index contributed by atoms with van der Waals surface area (Å²) >= 11 is 0. The summed E-state index contributed by atoms with van der Waals surface area (Å²) in [5, 5.41) is 0. The lowest BCUT2D eigenvalue weighted by Gasteiger charge is -2.18. The fourth-order valence-electron chi connectivity index (χ4n) is 3.09. The Labute approximate surface area is 151 Å². The molecule has 0 nitrogen and oxygen atoms in total. The van der Waals surface area contributed by atoms with Crippen molar-refractivity contribution in [1.82, 2.24) is 0 Å². The average Bonchev–Trinajstić information content (AvgIpc) is 2.57. The predicted molar refractivity (Wildman–Crippen MR) is 117 cm³/mol. The maximum Gasteiger partial charge on any atom is -0.0323 e. The highest BCUT2D eigenvalue weighted by Crippen LogP contribution is 2.39. The van der Waals surface area contributed by atoms with Crippen LogP contribution in [0, 0.1) is 0 Å². The Kier molecular flexibility index (Phi) is 21.7. The van der Waals surface area contributed by atoms with Gasteiger partial charge >= 0.3 is 0 Å². The van der Waals surface area contributed by atoms with Crippen LogP contribution in [0.2, 0.25) is 0 Å². The second-order valence-electron chi connectivity index (χ2n) is 7.13. The van der Waals surface area contributed by atoms with Crippen molar-refractivity contribution in [2.75, 3.05) is 30.8 Å². The van der Waals surface area contributed by atoms with Gasteiger partial charge in [0.25, 0.3) is 0 Å². The first-order chi connectivity index (χ1) is 11.3. The van der Waals surface area contributed by atoms with E-state index in [4.69, 9.17) is 0 Å². The van der Waals surface area contributed by atoms with Gasteiger partial charge in [0.2, 0.25) is 0 Å². The summed E-state index contributed by atoms with van der Waals surface area (Å²) in [5.41, 5.74) is 0. The minimum Gasteiger partial charge on any atom is -0.122 e. The van der Waals surface area contributed by atoms with Crippen LogP contribution in [-0.2, 0) is 0 Å². The van der Waals surface area contributed by atoms with Crippen molar-refractivity contribution in [3.05, 3.63) is 0 Å².